The Hall–Kier alpha value is -4.59. The predicted molar refractivity (Wildman–Crippen MR) is 217 cm³/mol. The van der Waals surface area contributed by atoms with Crippen molar-refractivity contribution >= 4 is 55.7 Å². The van der Waals surface area contributed by atoms with Gasteiger partial charge in [0.15, 0.2) is 0 Å². The third-order valence-corrected chi connectivity index (χ3v) is 12.0. The van der Waals surface area contributed by atoms with Crippen LogP contribution in [-0.4, -0.2) is 49.6 Å². The summed E-state index contributed by atoms with van der Waals surface area (Å²) in [4.78, 5) is 34.2. The van der Waals surface area contributed by atoms with Crippen molar-refractivity contribution in [3.63, 3.8) is 0 Å². The first kappa shape index (κ1) is 40.6. The van der Waals surface area contributed by atoms with Crippen LogP contribution in [0.15, 0.2) is 126 Å². The molecule has 4 atom stereocenters. The molecule has 0 aliphatic rings. The van der Waals surface area contributed by atoms with Gasteiger partial charge in [-0.1, -0.05) is 94.4 Å². The van der Waals surface area contributed by atoms with E-state index in [0.29, 0.717) is 22.6 Å². The van der Waals surface area contributed by atoms with E-state index < -0.39 is 46.6 Å². The number of thiophene rings is 1. The molecule has 0 aliphatic heterocycles. The number of carbonyl (C=O) groups excluding carboxylic acids is 2. The maximum Gasteiger partial charge on any atom is 0.251 e. The molecule has 0 radical (unpaired) electrons. The number of benzene rings is 4. The Kier molecular flexibility index (Phi) is 14.8. The number of thiazole rings is 1. The highest BCUT2D eigenvalue weighted by Crippen LogP contribution is 2.34. The van der Waals surface area contributed by atoms with E-state index in [1.54, 1.807) is 54.0 Å². The summed E-state index contributed by atoms with van der Waals surface area (Å²) in [6.45, 7) is 8.41. The van der Waals surface area contributed by atoms with Gasteiger partial charge in [0, 0.05) is 27.8 Å². The second kappa shape index (κ2) is 19.7. The summed E-state index contributed by atoms with van der Waals surface area (Å²) in [6.07, 6.45) is 0. The minimum atomic E-state index is -1.57. The van der Waals surface area contributed by atoms with Crippen LogP contribution in [0.4, 0.5) is 4.39 Å². The van der Waals surface area contributed by atoms with Crippen molar-refractivity contribution < 1.29 is 23.3 Å². The standard InChI is InChI=1S/C40H39FN4O4S3.C2H6/c1-26(2)23-45(52(49)30-18-19-33-36(21-30)50-25-43-33)34(24-46)35-20-17-29(51-35)22-42-40(48)38(44-39(47)28-13-7-4-8-14-28)37(27-11-5-3-6-12-27)31-15-9-10-16-32(31)41;1-2/h3-21,25-26,34,37-38,46H,22-24H2,1-2H3,(H,42,48)(H,44,47);1-2H3. The number of amides is 2. The van der Waals surface area contributed by atoms with Crippen LogP contribution in [0.5, 0.6) is 0 Å². The number of rotatable bonds is 15. The number of hydrogen-bond acceptors (Lipinski definition) is 7. The molecule has 54 heavy (non-hydrogen) atoms. The van der Waals surface area contributed by atoms with Crippen molar-refractivity contribution in [2.75, 3.05) is 13.2 Å². The fourth-order valence-electron chi connectivity index (χ4n) is 6.08. The minimum Gasteiger partial charge on any atom is -0.394 e. The van der Waals surface area contributed by atoms with Crippen molar-refractivity contribution in [3.05, 3.63) is 153 Å². The average molecular weight is 785 g/mol. The molecule has 0 aliphatic carbocycles. The van der Waals surface area contributed by atoms with E-state index in [4.69, 9.17) is 0 Å². The summed E-state index contributed by atoms with van der Waals surface area (Å²) in [7, 11) is -1.57. The average Bonchev–Trinajstić information content (AvgIpc) is 3.88. The predicted octanol–water partition coefficient (Wildman–Crippen LogP) is 8.48. The highest BCUT2D eigenvalue weighted by molar-refractivity contribution is 7.82. The normalized spacial score (nSPS) is 13.5. The number of fused-ring (bicyclic) bond motifs is 1. The highest BCUT2D eigenvalue weighted by Gasteiger charge is 2.34. The monoisotopic (exact) mass is 784 g/mol. The molecule has 12 heteroatoms. The second-order valence-electron chi connectivity index (χ2n) is 12.7. The number of halogens is 1. The molecule has 6 aromatic rings. The zero-order valence-corrected chi connectivity index (χ0v) is 33.1. The van der Waals surface area contributed by atoms with E-state index in [1.165, 1.54) is 28.7 Å². The molecule has 2 heterocycles. The molecule has 0 bridgehead atoms. The van der Waals surface area contributed by atoms with E-state index in [2.05, 4.69) is 15.6 Å². The van der Waals surface area contributed by atoms with E-state index in [9.17, 15) is 18.9 Å². The van der Waals surface area contributed by atoms with Crippen molar-refractivity contribution in [2.24, 2.45) is 5.92 Å². The summed E-state index contributed by atoms with van der Waals surface area (Å²) in [5.74, 6) is -2.11. The van der Waals surface area contributed by atoms with Crippen LogP contribution in [0, 0.1) is 11.7 Å². The Morgan fingerprint density at radius 1 is 0.907 bits per heavy atom. The molecule has 8 nitrogen and oxygen atoms in total. The number of nitrogens with zero attached hydrogens (tertiary/aromatic N) is 2. The van der Waals surface area contributed by atoms with E-state index >= 15 is 4.39 Å². The first-order chi connectivity index (χ1) is 26.2. The van der Waals surface area contributed by atoms with Gasteiger partial charge in [0.2, 0.25) is 5.91 Å². The zero-order chi connectivity index (χ0) is 38.6. The van der Waals surface area contributed by atoms with Gasteiger partial charge in [-0.15, -0.1) is 22.7 Å². The number of carbonyl (C=O) groups is 2. The molecule has 282 valence electrons. The largest absolute Gasteiger partial charge is 0.394 e. The number of hydrogen-bond donors (Lipinski definition) is 3. The number of aliphatic hydroxyl groups is 1. The Morgan fingerprint density at radius 2 is 1.59 bits per heavy atom. The summed E-state index contributed by atoms with van der Waals surface area (Å²) in [5, 5.41) is 16.5. The molecular weight excluding hydrogens is 740 g/mol. The zero-order valence-electron chi connectivity index (χ0n) is 30.6. The van der Waals surface area contributed by atoms with Gasteiger partial charge < -0.3 is 15.7 Å². The lowest BCUT2D eigenvalue weighted by Crippen LogP contribution is -2.50. The lowest BCUT2D eigenvalue weighted by atomic mass is 9.84. The van der Waals surface area contributed by atoms with Gasteiger partial charge in [0.1, 0.15) is 22.8 Å². The van der Waals surface area contributed by atoms with Gasteiger partial charge in [0.25, 0.3) is 5.91 Å². The Balaban J connectivity index is 0.00000276. The van der Waals surface area contributed by atoms with Crippen LogP contribution >= 0.6 is 22.7 Å². The minimum absolute atomic E-state index is 0.119. The van der Waals surface area contributed by atoms with Gasteiger partial charge in [-0.2, -0.15) is 0 Å². The summed E-state index contributed by atoms with van der Waals surface area (Å²) in [6, 6.07) is 31.5. The maximum absolute atomic E-state index is 15.4. The van der Waals surface area contributed by atoms with E-state index in [1.807, 2.05) is 92.7 Å². The van der Waals surface area contributed by atoms with Gasteiger partial charge in [-0.25, -0.2) is 17.9 Å². The molecule has 3 N–H and O–H groups in total. The topological polar surface area (TPSA) is 112 Å². The lowest BCUT2D eigenvalue weighted by Gasteiger charge is -2.30. The summed E-state index contributed by atoms with van der Waals surface area (Å²) < 4.78 is 32.2. The van der Waals surface area contributed by atoms with Crippen LogP contribution in [0.2, 0.25) is 0 Å². The fourth-order valence-corrected chi connectivity index (χ4v) is 9.51. The van der Waals surface area contributed by atoms with Gasteiger partial charge in [-0.3, -0.25) is 9.59 Å². The number of nitrogens with one attached hydrogen (secondary N) is 2. The van der Waals surface area contributed by atoms with Crippen molar-refractivity contribution in [1.82, 2.24) is 19.9 Å². The van der Waals surface area contributed by atoms with Crippen LogP contribution in [0.3, 0.4) is 0 Å². The van der Waals surface area contributed by atoms with Crippen molar-refractivity contribution in [2.45, 2.75) is 57.1 Å². The van der Waals surface area contributed by atoms with E-state index in [-0.39, 0.29) is 24.6 Å². The molecular formula is C42H45FN4O4S3. The third-order valence-electron chi connectivity index (χ3n) is 8.57. The number of aromatic nitrogens is 1. The van der Waals surface area contributed by atoms with Gasteiger partial charge >= 0.3 is 0 Å². The Bertz CT molecular complexity index is 2140. The molecule has 6 rings (SSSR count). The molecule has 2 aromatic heterocycles. The third kappa shape index (κ3) is 9.93. The Morgan fingerprint density at radius 3 is 2.28 bits per heavy atom. The number of aliphatic hydroxyl groups excluding tert-OH is 1. The summed E-state index contributed by atoms with van der Waals surface area (Å²) in [5.41, 5.74) is 3.91. The highest BCUT2D eigenvalue weighted by atomic mass is 32.2. The molecule has 0 saturated carbocycles. The van der Waals surface area contributed by atoms with Crippen LogP contribution in [0.1, 0.15) is 70.9 Å². The second-order valence-corrected chi connectivity index (χ2v) is 16.2. The molecule has 4 unspecified atom stereocenters. The smallest absolute Gasteiger partial charge is 0.251 e. The molecule has 2 amide bonds. The molecule has 0 saturated heterocycles. The van der Waals surface area contributed by atoms with Crippen LogP contribution in [-0.2, 0) is 22.3 Å². The summed E-state index contributed by atoms with van der Waals surface area (Å²) >= 11 is 2.88. The maximum atomic E-state index is 15.4. The molecule has 0 spiro atoms. The fraction of sp³-hybridized carbons (Fsp3) is 0.262. The SMILES string of the molecule is CC.CC(C)CN(C(CO)c1ccc(CNC(=O)C(NC(=O)c2ccccc2)C(c2ccccc2)c2ccccc2F)s1)S(=O)c1ccc2ncsc2c1. The first-order valence-electron chi connectivity index (χ1n) is 17.9. The molecule has 0 fully saturated rings. The Labute approximate surface area is 326 Å². The first-order valence-corrected chi connectivity index (χ1v) is 20.7. The van der Waals surface area contributed by atoms with Crippen LogP contribution in [0.25, 0.3) is 10.2 Å². The quantitative estimate of drug-likeness (QED) is 0.0968. The van der Waals surface area contributed by atoms with E-state index in [0.717, 1.165) is 20.0 Å². The molecule has 4 aromatic carbocycles. The van der Waals surface area contributed by atoms with Crippen molar-refractivity contribution in [1.29, 1.82) is 0 Å². The lowest BCUT2D eigenvalue weighted by molar-refractivity contribution is -0.123. The van der Waals surface area contributed by atoms with Crippen molar-refractivity contribution in [3.8, 4) is 0 Å². The van der Waals surface area contributed by atoms with Gasteiger partial charge in [0.05, 0.1) is 39.8 Å². The van der Waals surface area contributed by atoms with Gasteiger partial charge in [-0.05, 0) is 65.6 Å². The van der Waals surface area contributed by atoms with Crippen LogP contribution < -0.4 is 10.6 Å².